The van der Waals surface area contributed by atoms with Gasteiger partial charge >= 0.3 is 0 Å². The zero-order chi connectivity index (χ0) is 23.3. The molecule has 1 amide bonds. The molecule has 0 aliphatic rings. The number of hydrogen-bond donors (Lipinski definition) is 4. The van der Waals surface area contributed by atoms with Gasteiger partial charge in [0.05, 0.1) is 24.4 Å². The predicted octanol–water partition coefficient (Wildman–Crippen LogP) is 3.50. The first-order valence-electron chi connectivity index (χ1n) is 10.8. The van der Waals surface area contributed by atoms with Crippen molar-refractivity contribution in [3.8, 4) is 17.6 Å². The number of fused-ring (bicyclic) bond motifs is 1. The number of ether oxygens (including phenoxy) is 1. The van der Waals surface area contributed by atoms with Gasteiger partial charge in [0.15, 0.2) is 0 Å². The molecule has 32 heavy (non-hydrogen) atoms. The van der Waals surface area contributed by atoms with Gasteiger partial charge in [-0.3, -0.25) is 4.79 Å². The maximum absolute atomic E-state index is 12.3. The SMILES string of the molecule is CC(O)CC#Cc1cc(C(N)=O)c(OC(C)C)c([C@H](CO)Cc2c[nH]c3ccccc23)c1. The summed E-state index contributed by atoms with van der Waals surface area (Å²) in [4.78, 5) is 15.5. The van der Waals surface area contributed by atoms with Crippen LogP contribution in [-0.4, -0.2) is 39.9 Å². The van der Waals surface area contributed by atoms with E-state index in [-0.39, 0.29) is 24.2 Å². The van der Waals surface area contributed by atoms with Crippen LogP contribution in [0, 0.1) is 11.8 Å². The molecule has 5 N–H and O–H groups in total. The first-order valence-corrected chi connectivity index (χ1v) is 10.8. The minimum atomic E-state index is -0.620. The summed E-state index contributed by atoms with van der Waals surface area (Å²) in [7, 11) is 0. The van der Waals surface area contributed by atoms with E-state index in [4.69, 9.17) is 10.5 Å². The molecule has 0 fully saturated rings. The number of benzene rings is 2. The van der Waals surface area contributed by atoms with Gasteiger partial charge in [0.2, 0.25) is 0 Å². The second kappa shape index (κ2) is 10.4. The van der Waals surface area contributed by atoms with E-state index in [0.29, 0.717) is 29.7 Å². The number of aromatic nitrogens is 1. The lowest BCUT2D eigenvalue weighted by Gasteiger charge is -2.23. The molecule has 0 aliphatic heterocycles. The van der Waals surface area contributed by atoms with Crippen molar-refractivity contribution in [3.63, 3.8) is 0 Å². The van der Waals surface area contributed by atoms with E-state index in [1.54, 1.807) is 13.0 Å². The summed E-state index contributed by atoms with van der Waals surface area (Å²) in [6.07, 6.45) is 2.05. The number of aromatic amines is 1. The molecule has 0 aliphatic carbocycles. The Morgan fingerprint density at radius 3 is 2.62 bits per heavy atom. The Bertz CT molecular complexity index is 1150. The average Bonchev–Trinajstić information content (AvgIpc) is 3.15. The monoisotopic (exact) mass is 434 g/mol. The number of para-hydroxylation sites is 1. The van der Waals surface area contributed by atoms with Crippen molar-refractivity contribution in [2.45, 2.75) is 51.7 Å². The van der Waals surface area contributed by atoms with Gasteiger partial charge in [-0.2, -0.15) is 0 Å². The van der Waals surface area contributed by atoms with Gasteiger partial charge in [0.1, 0.15) is 5.75 Å². The molecule has 0 radical (unpaired) electrons. The molecule has 0 bridgehead atoms. The first kappa shape index (κ1) is 23.4. The third kappa shape index (κ3) is 5.50. The fraction of sp³-hybridized carbons (Fsp3) is 0.346. The molecule has 3 aromatic rings. The molecular formula is C26H30N2O4. The number of carbonyl (C=O) groups excluding carboxylic acids is 1. The van der Waals surface area contributed by atoms with Crippen LogP contribution in [0.1, 0.15) is 60.2 Å². The lowest BCUT2D eigenvalue weighted by Crippen LogP contribution is -2.19. The number of nitrogens with one attached hydrogen (secondary N) is 1. The zero-order valence-corrected chi connectivity index (χ0v) is 18.7. The zero-order valence-electron chi connectivity index (χ0n) is 18.7. The summed E-state index contributed by atoms with van der Waals surface area (Å²) >= 11 is 0. The highest BCUT2D eigenvalue weighted by molar-refractivity contribution is 5.96. The Morgan fingerprint density at radius 2 is 1.97 bits per heavy atom. The standard InChI is InChI=1S/C26H30N2O4/c1-16(2)32-25-22(11-18(8-6-7-17(3)30)12-23(25)26(27)31)20(15-29)13-19-14-28-24-10-5-4-9-21(19)24/h4-5,9-12,14,16-17,20,28-30H,7,13,15H2,1-3H3,(H2,27,31)/t17?,20-/m0/s1. The van der Waals surface area contributed by atoms with Crippen molar-refractivity contribution in [1.82, 2.24) is 4.98 Å². The summed E-state index contributed by atoms with van der Waals surface area (Å²) < 4.78 is 6.02. The summed E-state index contributed by atoms with van der Waals surface area (Å²) in [6.45, 7) is 5.27. The minimum Gasteiger partial charge on any atom is -0.490 e. The maximum Gasteiger partial charge on any atom is 0.252 e. The second-order valence-electron chi connectivity index (χ2n) is 8.27. The Balaban J connectivity index is 2.11. The smallest absolute Gasteiger partial charge is 0.252 e. The number of hydrogen-bond acceptors (Lipinski definition) is 4. The van der Waals surface area contributed by atoms with Crippen molar-refractivity contribution in [3.05, 3.63) is 64.8 Å². The van der Waals surface area contributed by atoms with Crippen molar-refractivity contribution in [2.24, 2.45) is 5.73 Å². The molecule has 3 rings (SSSR count). The van der Waals surface area contributed by atoms with E-state index in [9.17, 15) is 15.0 Å². The van der Waals surface area contributed by atoms with Crippen LogP contribution in [0.5, 0.6) is 5.75 Å². The van der Waals surface area contributed by atoms with E-state index in [2.05, 4.69) is 16.8 Å². The molecule has 0 saturated heterocycles. The van der Waals surface area contributed by atoms with E-state index in [1.807, 2.05) is 50.4 Å². The van der Waals surface area contributed by atoms with Crippen LogP contribution in [0.25, 0.3) is 10.9 Å². The van der Waals surface area contributed by atoms with Crippen molar-refractivity contribution in [1.29, 1.82) is 0 Å². The van der Waals surface area contributed by atoms with E-state index in [1.165, 1.54) is 0 Å². The van der Waals surface area contributed by atoms with Crippen molar-refractivity contribution < 1.29 is 19.7 Å². The highest BCUT2D eigenvalue weighted by Gasteiger charge is 2.24. The third-order valence-electron chi connectivity index (χ3n) is 5.17. The van der Waals surface area contributed by atoms with Crippen LogP contribution in [0.15, 0.2) is 42.6 Å². The number of rotatable bonds is 8. The molecule has 0 spiro atoms. The molecule has 2 aromatic carbocycles. The Labute approximate surface area is 188 Å². The fourth-order valence-corrected chi connectivity index (χ4v) is 3.72. The molecule has 2 atom stereocenters. The molecule has 0 saturated carbocycles. The molecule has 6 heteroatoms. The first-order chi connectivity index (χ1) is 15.3. The average molecular weight is 435 g/mol. The molecule has 1 heterocycles. The number of carbonyl (C=O) groups is 1. The highest BCUT2D eigenvalue weighted by Crippen LogP contribution is 2.35. The van der Waals surface area contributed by atoms with Gasteiger partial charge in [-0.25, -0.2) is 0 Å². The van der Waals surface area contributed by atoms with Gasteiger partial charge in [0.25, 0.3) is 5.91 Å². The van der Waals surface area contributed by atoms with Crippen molar-refractivity contribution in [2.75, 3.05) is 6.61 Å². The number of amides is 1. The topological polar surface area (TPSA) is 109 Å². The third-order valence-corrected chi connectivity index (χ3v) is 5.17. The Hall–Kier alpha value is -3.27. The number of aliphatic hydroxyl groups is 2. The molecule has 1 unspecified atom stereocenters. The van der Waals surface area contributed by atoms with Crippen LogP contribution < -0.4 is 10.5 Å². The van der Waals surface area contributed by atoms with Gasteiger partial charge < -0.3 is 25.7 Å². The lowest BCUT2D eigenvalue weighted by atomic mass is 9.88. The fourth-order valence-electron chi connectivity index (χ4n) is 3.72. The number of H-pyrrole nitrogens is 1. The second-order valence-corrected chi connectivity index (χ2v) is 8.27. The van der Waals surface area contributed by atoms with Crippen LogP contribution in [0.3, 0.4) is 0 Å². The number of primary amides is 1. The Morgan fingerprint density at radius 1 is 1.22 bits per heavy atom. The van der Waals surface area contributed by atoms with Gasteiger partial charge in [-0.05, 0) is 51.0 Å². The molecule has 168 valence electrons. The molecular weight excluding hydrogens is 404 g/mol. The van der Waals surface area contributed by atoms with E-state index >= 15 is 0 Å². The van der Waals surface area contributed by atoms with E-state index in [0.717, 1.165) is 16.5 Å². The van der Waals surface area contributed by atoms with Crippen molar-refractivity contribution >= 4 is 16.8 Å². The highest BCUT2D eigenvalue weighted by atomic mass is 16.5. The number of nitrogens with two attached hydrogens (primary N) is 1. The largest absolute Gasteiger partial charge is 0.490 e. The minimum absolute atomic E-state index is 0.142. The summed E-state index contributed by atoms with van der Waals surface area (Å²) in [6, 6.07) is 11.4. The Kier molecular flexibility index (Phi) is 7.57. The number of aliphatic hydroxyl groups excluding tert-OH is 2. The van der Waals surface area contributed by atoms with Crippen LogP contribution >= 0.6 is 0 Å². The van der Waals surface area contributed by atoms with Crippen LogP contribution in [0.4, 0.5) is 0 Å². The maximum atomic E-state index is 12.3. The van der Waals surface area contributed by atoms with Gasteiger partial charge in [-0.1, -0.05) is 30.0 Å². The van der Waals surface area contributed by atoms with Crippen LogP contribution in [0.2, 0.25) is 0 Å². The summed E-state index contributed by atoms with van der Waals surface area (Å²) in [5.41, 5.74) is 9.26. The summed E-state index contributed by atoms with van der Waals surface area (Å²) in [5.74, 6) is 5.35. The van der Waals surface area contributed by atoms with E-state index < -0.39 is 12.0 Å². The van der Waals surface area contributed by atoms with Crippen LogP contribution in [-0.2, 0) is 6.42 Å². The normalized spacial score (nSPS) is 12.9. The summed E-state index contributed by atoms with van der Waals surface area (Å²) in [5, 5.41) is 20.9. The van der Waals surface area contributed by atoms with Gasteiger partial charge in [-0.15, -0.1) is 0 Å². The lowest BCUT2D eigenvalue weighted by molar-refractivity contribution is 0.0993. The molecule has 1 aromatic heterocycles. The predicted molar refractivity (Wildman–Crippen MR) is 126 cm³/mol. The molecule has 6 nitrogen and oxygen atoms in total. The quantitative estimate of drug-likeness (QED) is 0.407. The van der Waals surface area contributed by atoms with Gasteiger partial charge in [0, 0.05) is 40.6 Å².